The highest BCUT2D eigenvalue weighted by Gasteiger charge is 2.58. The zero-order valence-corrected chi connectivity index (χ0v) is 15.0. The molecule has 0 unspecified atom stereocenters. The molecule has 2 amide bonds. The molecule has 2 fully saturated rings. The van der Waals surface area contributed by atoms with Crippen molar-refractivity contribution in [3.63, 3.8) is 0 Å². The molecule has 2 saturated heterocycles. The Morgan fingerprint density at radius 2 is 1.92 bits per heavy atom. The van der Waals surface area contributed by atoms with E-state index in [0.29, 0.717) is 6.42 Å². The van der Waals surface area contributed by atoms with Crippen molar-refractivity contribution in [2.75, 3.05) is 7.05 Å². The molecule has 25 heavy (non-hydrogen) atoms. The fraction of sp³-hybridized carbons (Fsp3) is 0.550. The van der Waals surface area contributed by atoms with Crippen LogP contribution < -0.4 is 0 Å². The van der Waals surface area contributed by atoms with Crippen molar-refractivity contribution in [3.8, 4) is 6.07 Å². The molecule has 130 valence electrons. The summed E-state index contributed by atoms with van der Waals surface area (Å²) < 4.78 is 0. The second kappa shape index (κ2) is 5.32. The molecule has 2 heterocycles. The number of hydrogen-bond donors (Lipinski definition) is 0. The lowest BCUT2D eigenvalue weighted by Crippen LogP contribution is -2.60. The summed E-state index contributed by atoms with van der Waals surface area (Å²) >= 11 is 0. The van der Waals surface area contributed by atoms with Crippen molar-refractivity contribution in [3.05, 3.63) is 34.9 Å². The molecule has 4 rings (SSSR count). The maximum Gasteiger partial charge on any atom is 0.246 e. The number of amides is 2. The molecule has 0 saturated carbocycles. The van der Waals surface area contributed by atoms with E-state index in [4.69, 9.17) is 0 Å². The molecule has 1 aromatic rings. The van der Waals surface area contributed by atoms with Crippen LogP contribution in [0.4, 0.5) is 0 Å². The van der Waals surface area contributed by atoms with E-state index >= 15 is 0 Å². The molecule has 1 aliphatic carbocycles. The summed E-state index contributed by atoms with van der Waals surface area (Å²) in [5, 5.41) is 9.89. The third-order valence-corrected chi connectivity index (χ3v) is 6.35. The number of carbonyl (C=O) groups excluding carboxylic acids is 2. The maximum atomic E-state index is 13.0. The number of aryl methyl sites for hydroxylation is 2. The van der Waals surface area contributed by atoms with E-state index < -0.39 is 17.5 Å². The monoisotopic (exact) mass is 337 g/mol. The van der Waals surface area contributed by atoms with Crippen molar-refractivity contribution >= 4 is 11.8 Å². The number of nitriles is 1. The Hall–Kier alpha value is -2.35. The van der Waals surface area contributed by atoms with Gasteiger partial charge < -0.3 is 9.80 Å². The maximum absolute atomic E-state index is 13.0. The first-order valence-corrected chi connectivity index (χ1v) is 8.99. The topological polar surface area (TPSA) is 64.4 Å². The Balaban J connectivity index is 1.83. The fourth-order valence-electron chi connectivity index (χ4n) is 4.79. The van der Waals surface area contributed by atoms with Gasteiger partial charge in [-0.2, -0.15) is 5.26 Å². The van der Waals surface area contributed by atoms with Gasteiger partial charge in [0.25, 0.3) is 0 Å². The largest absolute Gasteiger partial charge is 0.332 e. The van der Waals surface area contributed by atoms with Gasteiger partial charge in [0.2, 0.25) is 11.8 Å². The first-order chi connectivity index (χ1) is 11.9. The van der Waals surface area contributed by atoms with Gasteiger partial charge in [-0.3, -0.25) is 9.59 Å². The van der Waals surface area contributed by atoms with Crippen LogP contribution in [0.1, 0.15) is 49.4 Å². The highest BCUT2D eigenvalue weighted by molar-refractivity contribution is 5.97. The predicted octanol–water partition coefficient (Wildman–Crippen LogP) is 2.21. The molecule has 0 aromatic heterocycles. The normalized spacial score (nSPS) is 34.1. The van der Waals surface area contributed by atoms with Crippen LogP contribution in [0.3, 0.4) is 0 Å². The molecule has 1 aromatic carbocycles. The summed E-state index contributed by atoms with van der Waals surface area (Å²) in [5.41, 5.74) is 2.92. The molecule has 0 spiro atoms. The lowest BCUT2D eigenvalue weighted by atomic mass is 9.79. The Bertz CT molecular complexity index is 812. The van der Waals surface area contributed by atoms with Crippen molar-refractivity contribution in [1.29, 1.82) is 5.26 Å². The highest BCUT2D eigenvalue weighted by atomic mass is 16.2. The van der Waals surface area contributed by atoms with Crippen LogP contribution in [0.2, 0.25) is 0 Å². The molecule has 4 atom stereocenters. The number of carbonyl (C=O) groups is 2. The van der Waals surface area contributed by atoms with Crippen LogP contribution in [0.25, 0.3) is 0 Å². The van der Waals surface area contributed by atoms with Gasteiger partial charge in [-0.1, -0.05) is 18.2 Å². The first kappa shape index (κ1) is 16.1. The van der Waals surface area contributed by atoms with E-state index in [1.54, 1.807) is 18.9 Å². The number of likely N-dealkylation sites (N-methyl/N-ethyl adjacent to an activating group) is 1. The standard InChI is InChI=1S/C20H23N3O2/c1-12-18(24)23-16(19(25)22(12)3)10-20(2,11-21)17(23)15-8-7-13-5-4-6-14(13)9-15/h7-9,12,16-17H,4-6,10H2,1-3H3/t12-,16+,17+,20-/m1/s1. The van der Waals surface area contributed by atoms with Crippen molar-refractivity contribution in [2.45, 2.75) is 57.7 Å². The fourth-order valence-corrected chi connectivity index (χ4v) is 4.79. The molecular weight excluding hydrogens is 314 g/mol. The zero-order chi connectivity index (χ0) is 17.9. The SMILES string of the molecule is C[C@@H]1C(=O)N2[C@@H](c3ccc4c(c3)CCC4)[C@@](C)(C#N)C[C@H]2C(=O)N1C. The number of piperazine rings is 1. The second-order valence-corrected chi connectivity index (χ2v) is 7.90. The summed E-state index contributed by atoms with van der Waals surface area (Å²) in [6.07, 6.45) is 3.70. The van der Waals surface area contributed by atoms with Gasteiger partial charge in [0.1, 0.15) is 12.1 Å². The van der Waals surface area contributed by atoms with Crippen molar-refractivity contribution in [1.82, 2.24) is 9.80 Å². The smallest absolute Gasteiger partial charge is 0.246 e. The predicted molar refractivity (Wildman–Crippen MR) is 92.4 cm³/mol. The summed E-state index contributed by atoms with van der Waals surface area (Å²) in [6, 6.07) is 7.38. The van der Waals surface area contributed by atoms with E-state index in [-0.39, 0.29) is 17.9 Å². The number of hydrogen-bond acceptors (Lipinski definition) is 3. The molecule has 5 nitrogen and oxygen atoms in total. The van der Waals surface area contributed by atoms with Gasteiger partial charge in [0, 0.05) is 7.05 Å². The number of nitrogens with zero attached hydrogens (tertiary/aromatic N) is 3. The zero-order valence-electron chi connectivity index (χ0n) is 15.0. The van der Waals surface area contributed by atoms with Gasteiger partial charge >= 0.3 is 0 Å². The van der Waals surface area contributed by atoms with Gasteiger partial charge in [-0.05, 0) is 56.2 Å². The minimum atomic E-state index is -0.756. The second-order valence-electron chi connectivity index (χ2n) is 7.90. The van der Waals surface area contributed by atoms with Crippen LogP contribution in [-0.2, 0) is 22.4 Å². The van der Waals surface area contributed by atoms with Crippen molar-refractivity contribution in [2.24, 2.45) is 5.41 Å². The quantitative estimate of drug-likeness (QED) is 0.789. The average molecular weight is 337 g/mol. The van der Waals surface area contributed by atoms with Gasteiger partial charge in [-0.15, -0.1) is 0 Å². The summed E-state index contributed by atoms with van der Waals surface area (Å²) in [6.45, 7) is 3.65. The van der Waals surface area contributed by atoms with E-state index in [0.717, 1.165) is 24.8 Å². The molecule has 2 aliphatic heterocycles. The lowest BCUT2D eigenvalue weighted by molar-refractivity contribution is -0.159. The van der Waals surface area contributed by atoms with E-state index in [1.165, 1.54) is 16.0 Å². The number of rotatable bonds is 1. The molecule has 5 heteroatoms. The average Bonchev–Trinajstić information content (AvgIpc) is 3.20. The Kier molecular flexibility index (Phi) is 3.44. The molecule has 0 N–H and O–H groups in total. The number of fused-ring (bicyclic) bond motifs is 2. The van der Waals surface area contributed by atoms with Crippen LogP contribution >= 0.6 is 0 Å². The minimum absolute atomic E-state index is 0.0581. The Labute approximate surface area is 148 Å². The van der Waals surface area contributed by atoms with Crippen LogP contribution in [0.5, 0.6) is 0 Å². The third-order valence-electron chi connectivity index (χ3n) is 6.35. The molecule has 0 bridgehead atoms. The van der Waals surface area contributed by atoms with Crippen molar-refractivity contribution < 1.29 is 9.59 Å². The summed E-state index contributed by atoms with van der Waals surface area (Å²) in [5.74, 6) is -0.117. The minimum Gasteiger partial charge on any atom is -0.332 e. The Morgan fingerprint density at radius 3 is 2.64 bits per heavy atom. The first-order valence-electron chi connectivity index (χ1n) is 8.99. The van der Waals surface area contributed by atoms with Gasteiger partial charge in [-0.25, -0.2) is 0 Å². The Morgan fingerprint density at radius 1 is 1.20 bits per heavy atom. The van der Waals surface area contributed by atoms with Crippen LogP contribution in [0.15, 0.2) is 18.2 Å². The third kappa shape index (κ3) is 2.13. The van der Waals surface area contributed by atoms with E-state index in [1.807, 2.05) is 13.0 Å². The molecule has 0 radical (unpaired) electrons. The number of benzene rings is 1. The molecular formula is C20H23N3O2. The molecule has 3 aliphatic rings. The highest BCUT2D eigenvalue weighted by Crippen LogP contribution is 2.52. The van der Waals surface area contributed by atoms with Gasteiger partial charge in [0.05, 0.1) is 17.5 Å². The summed E-state index contributed by atoms with van der Waals surface area (Å²) in [7, 11) is 1.68. The summed E-state index contributed by atoms with van der Waals surface area (Å²) in [4.78, 5) is 29.0. The van der Waals surface area contributed by atoms with E-state index in [9.17, 15) is 14.9 Å². The lowest BCUT2D eigenvalue weighted by Gasteiger charge is -2.42. The van der Waals surface area contributed by atoms with Gasteiger partial charge in [0.15, 0.2) is 0 Å². The van der Waals surface area contributed by atoms with E-state index in [2.05, 4.69) is 18.2 Å². The van der Waals surface area contributed by atoms with Crippen LogP contribution in [0, 0.1) is 16.7 Å². The van der Waals surface area contributed by atoms with Crippen LogP contribution in [-0.4, -0.2) is 40.7 Å².